The van der Waals surface area contributed by atoms with Crippen molar-refractivity contribution in [2.45, 2.75) is 49.6 Å². The maximum Gasteiger partial charge on any atom is 0.246 e. The number of carbonyl (C=O) groups excluding carboxylic acids is 2. The molecule has 3 aliphatic rings. The van der Waals surface area contributed by atoms with Gasteiger partial charge >= 0.3 is 0 Å². The Morgan fingerprint density at radius 3 is 2.83 bits per heavy atom. The van der Waals surface area contributed by atoms with Gasteiger partial charge in [-0.05, 0) is 43.9 Å². The molecule has 6 heteroatoms. The predicted octanol–water partition coefficient (Wildman–Crippen LogP) is 2.94. The number of thioether (sulfide) groups is 1. The van der Waals surface area contributed by atoms with E-state index < -0.39 is 0 Å². The Labute approximate surface area is 145 Å². The van der Waals surface area contributed by atoms with Crippen LogP contribution >= 0.6 is 11.8 Å². The van der Waals surface area contributed by atoms with Gasteiger partial charge in [-0.25, -0.2) is 4.39 Å². The summed E-state index contributed by atoms with van der Waals surface area (Å²) in [6.07, 6.45) is 3.19. The number of carbonyl (C=O) groups is 2. The second-order valence-electron chi connectivity index (χ2n) is 7.01. The molecule has 0 aromatic heterocycles. The average Bonchev–Trinajstić information content (AvgIpc) is 3.24. The van der Waals surface area contributed by atoms with Gasteiger partial charge in [-0.1, -0.05) is 12.1 Å². The summed E-state index contributed by atoms with van der Waals surface area (Å²) in [7, 11) is 0. The van der Waals surface area contributed by atoms with Crippen molar-refractivity contribution in [2.24, 2.45) is 0 Å². The Balaban J connectivity index is 1.57. The summed E-state index contributed by atoms with van der Waals surface area (Å²) in [4.78, 5) is 29.0. The molecule has 0 saturated carbocycles. The fourth-order valence-electron chi connectivity index (χ4n) is 4.26. The molecule has 0 radical (unpaired) electrons. The van der Waals surface area contributed by atoms with E-state index in [4.69, 9.17) is 0 Å². The molecule has 0 aliphatic carbocycles. The zero-order valence-electron chi connectivity index (χ0n) is 13.7. The molecular weight excluding hydrogens is 327 g/mol. The van der Waals surface area contributed by atoms with Gasteiger partial charge in [0.15, 0.2) is 0 Å². The Morgan fingerprint density at radius 1 is 1.33 bits per heavy atom. The lowest BCUT2D eigenvalue weighted by molar-refractivity contribution is -0.144. The Bertz CT molecular complexity index is 680. The molecule has 3 heterocycles. The Morgan fingerprint density at radius 2 is 2.08 bits per heavy atom. The zero-order chi connectivity index (χ0) is 16.9. The SMILES string of the molecule is C[C@]12CCC(=O)N1[C@H](C(=O)N1CCC[C@H]1c1ccc(F)cc1)CS2. The van der Waals surface area contributed by atoms with E-state index in [9.17, 15) is 14.0 Å². The summed E-state index contributed by atoms with van der Waals surface area (Å²) in [6.45, 7) is 2.78. The van der Waals surface area contributed by atoms with Crippen molar-refractivity contribution >= 4 is 23.6 Å². The predicted molar refractivity (Wildman–Crippen MR) is 90.8 cm³/mol. The summed E-state index contributed by atoms with van der Waals surface area (Å²) in [5.41, 5.74) is 0.975. The van der Waals surface area contributed by atoms with Gasteiger partial charge in [0, 0.05) is 18.7 Å². The lowest BCUT2D eigenvalue weighted by Crippen LogP contribution is -2.51. The van der Waals surface area contributed by atoms with Crippen molar-refractivity contribution in [1.29, 1.82) is 0 Å². The first kappa shape index (κ1) is 15.9. The molecule has 3 atom stereocenters. The third kappa shape index (κ3) is 2.42. The van der Waals surface area contributed by atoms with Crippen molar-refractivity contribution in [3.63, 3.8) is 0 Å². The van der Waals surface area contributed by atoms with E-state index in [1.54, 1.807) is 23.9 Å². The largest absolute Gasteiger partial charge is 0.334 e. The molecule has 0 bridgehead atoms. The summed E-state index contributed by atoms with van der Waals surface area (Å²) >= 11 is 1.72. The number of halogens is 1. The van der Waals surface area contributed by atoms with E-state index in [1.807, 2.05) is 9.80 Å². The normalized spacial score (nSPS) is 32.5. The number of nitrogens with zero attached hydrogens (tertiary/aromatic N) is 2. The van der Waals surface area contributed by atoms with Crippen LogP contribution in [0.2, 0.25) is 0 Å². The van der Waals surface area contributed by atoms with Gasteiger partial charge in [-0.2, -0.15) is 0 Å². The standard InChI is InChI=1S/C18H21FN2O2S/c1-18-9-8-16(22)21(18)15(11-24-18)17(23)20-10-2-3-14(20)12-4-6-13(19)7-5-12/h4-7,14-15H,2-3,8-11H2,1H3/t14-,15-,18-/m0/s1. The Hall–Kier alpha value is -1.56. The van der Waals surface area contributed by atoms with E-state index in [2.05, 4.69) is 6.92 Å². The molecule has 0 spiro atoms. The quantitative estimate of drug-likeness (QED) is 0.825. The molecule has 2 amide bonds. The maximum atomic E-state index is 13.2. The van der Waals surface area contributed by atoms with Gasteiger partial charge in [0.25, 0.3) is 0 Å². The summed E-state index contributed by atoms with van der Waals surface area (Å²) in [5, 5.41) is 0. The highest BCUT2D eigenvalue weighted by molar-refractivity contribution is 8.01. The molecule has 3 fully saturated rings. The van der Waals surface area contributed by atoms with Crippen LogP contribution in [0.4, 0.5) is 4.39 Å². The van der Waals surface area contributed by atoms with Crippen molar-refractivity contribution in [2.75, 3.05) is 12.3 Å². The van der Waals surface area contributed by atoms with E-state index in [1.165, 1.54) is 12.1 Å². The molecule has 0 N–H and O–H groups in total. The van der Waals surface area contributed by atoms with E-state index >= 15 is 0 Å². The molecule has 4 nitrogen and oxygen atoms in total. The third-order valence-corrected chi connectivity index (χ3v) is 7.03. The van der Waals surface area contributed by atoms with Crippen LogP contribution in [-0.4, -0.2) is 44.8 Å². The monoisotopic (exact) mass is 348 g/mol. The number of benzene rings is 1. The van der Waals surface area contributed by atoms with Gasteiger partial charge in [0.05, 0.1) is 10.9 Å². The first-order valence-electron chi connectivity index (χ1n) is 8.52. The number of fused-ring (bicyclic) bond motifs is 1. The minimum absolute atomic E-state index is 0.00680. The van der Waals surface area contributed by atoms with E-state index in [0.29, 0.717) is 18.7 Å². The van der Waals surface area contributed by atoms with Crippen molar-refractivity contribution in [1.82, 2.24) is 9.80 Å². The van der Waals surface area contributed by atoms with E-state index in [0.717, 1.165) is 24.8 Å². The molecule has 3 aliphatic heterocycles. The van der Waals surface area contributed by atoms with Crippen LogP contribution in [0.25, 0.3) is 0 Å². The molecule has 1 aromatic rings. The number of amides is 2. The first-order chi connectivity index (χ1) is 11.5. The van der Waals surface area contributed by atoms with Crippen LogP contribution in [0.1, 0.15) is 44.2 Å². The molecule has 4 rings (SSSR count). The van der Waals surface area contributed by atoms with Gasteiger partial charge in [0.2, 0.25) is 11.8 Å². The number of likely N-dealkylation sites (tertiary alicyclic amines) is 1. The lowest BCUT2D eigenvalue weighted by Gasteiger charge is -2.34. The van der Waals surface area contributed by atoms with Crippen LogP contribution in [-0.2, 0) is 9.59 Å². The molecule has 24 heavy (non-hydrogen) atoms. The van der Waals surface area contributed by atoms with E-state index in [-0.39, 0.29) is 34.6 Å². The Kier molecular flexibility index (Phi) is 3.82. The van der Waals surface area contributed by atoms with Gasteiger partial charge in [-0.3, -0.25) is 9.59 Å². The zero-order valence-corrected chi connectivity index (χ0v) is 14.5. The minimum Gasteiger partial charge on any atom is -0.334 e. The van der Waals surface area contributed by atoms with Crippen molar-refractivity contribution in [3.8, 4) is 0 Å². The van der Waals surface area contributed by atoms with Crippen LogP contribution in [0.15, 0.2) is 24.3 Å². The average molecular weight is 348 g/mol. The highest BCUT2D eigenvalue weighted by atomic mass is 32.2. The van der Waals surface area contributed by atoms with Gasteiger partial charge in [0.1, 0.15) is 11.9 Å². The van der Waals surface area contributed by atoms with Crippen LogP contribution < -0.4 is 0 Å². The third-order valence-electron chi connectivity index (χ3n) is 5.52. The number of hydrogen-bond acceptors (Lipinski definition) is 3. The molecule has 1 aromatic carbocycles. The highest BCUT2D eigenvalue weighted by Gasteiger charge is 2.54. The minimum atomic E-state index is -0.351. The van der Waals surface area contributed by atoms with Crippen molar-refractivity contribution < 1.29 is 14.0 Å². The van der Waals surface area contributed by atoms with Gasteiger partial charge < -0.3 is 9.80 Å². The molecule has 0 unspecified atom stereocenters. The number of rotatable bonds is 2. The fraction of sp³-hybridized carbons (Fsp3) is 0.556. The first-order valence-corrected chi connectivity index (χ1v) is 9.50. The smallest absolute Gasteiger partial charge is 0.246 e. The second-order valence-corrected chi connectivity index (χ2v) is 8.51. The lowest BCUT2D eigenvalue weighted by atomic mass is 10.0. The van der Waals surface area contributed by atoms with Gasteiger partial charge in [-0.15, -0.1) is 11.8 Å². The van der Waals surface area contributed by atoms with Crippen molar-refractivity contribution in [3.05, 3.63) is 35.6 Å². The highest BCUT2D eigenvalue weighted by Crippen LogP contribution is 2.48. The summed E-state index contributed by atoms with van der Waals surface area (Å²) < 4.78 is 13.2. The maximum absolute atomic E-state index is 13.2. The molecule has 3 saturated heterocycles. The second kappa shape index (κ2) is 5.76. The molecule has 128 valence electrons. The number of hydrogen-bond donors (Lipinski definition) is 0. The van der Waals surface area contributed by atoms with Crippen LogP contribution in [0.5, 0.6) is 0 Å². The van der Waals surface area contributed by atoms with Crippen LogP contribution in [0, 0.1) is 5.82 Å². The topological polar surface area (TPSA) is 40.6 Å². The summed E-state index contributed by atoms with van der Waals surface area (Å²) in [5.74, 6) is 0.556. The fourth-order valence-corrected chi connectivity index (χ4v) is 5.68. The summed E-state index contributed by atoms with van der Waals surface area (Å²) in [6, 6.07) is 6.06. The van der Waals surface area contributed by atoms with Crippen LogP contribution in [0.3, 0.4) is 0 Å². The molecular formula is C18H21FN2O2S.